The summed E-state index contributed by atoms with van der Waals surface area (Å²) in [7, 11) is 5.78. The molecule has 0 saturated heterocycles. The lowest BCUT2D eigenvalue weighted by Crippen LogP contribution is -2.47. The molecule has 0 aliphatic heterocycles. The van der Waals surface area contributed by atoms with Gasteiger partial charge in [0, 0.05) is 6.54 Å². The van der Waals surface area contributed by atoms with Gasteiger partial charge in [0.05, 0.1) is 12.6 Å². The third-order valence-corrected chi connectivity index (χ3v) is 3.63. The van der Waals surface area contributed by atoms with Gasteiger partial charge >= 0.3 is 0 Å². The number of methoxy groups -OCH3 is 1. The van der Waals surface area contributed by atoms with Crippen LogP contribution in [0.3, 0.4) is 0 Å². The number of likely N-dealkylation sites (N-methyl/N-ethyl adjacent to an activating group) is 1. The van der Waals surface area contributed by atoms with Crippen molar-refractivity contribution in [3.8, 4) is 5.75 Å². The number of ether oxygens (including phenoxy) is 1. The van der Waals surface area contributed by atoms with E-state index in [0.717, 1.165) is 24.3 Å². The predicted molar refractivity (Wildman–Crippen MR) is 87.6 cm³/mol. The van der Waals surface area contributed by atoms with E-state index < -0.39 is 5.54 Å². The first-order valence-electron chi connectivity index (χ1n) is 7.15. The Bertz CT molecular complexity index is 551. The highest BCUT2D eigenvalue weighted by Gasteiger charge is 2.28. The fourth-order valence-electron chi connectivity index (χ4n) is 2.70. The summed E-state index contributed by atoms with van der Waals surface area (Å²) in [6.07, 6.45) is 0.804. The van der Waals surface area contributed by atoms with Crippen molar-refractivity contribution < 1.29 is 4.74 Å². The second-order valence-corrected chi connectivity index (χ2v) is 5.78. The summed E-state index contributed by atoms with van der Waals surface area (Å²) in [6.45, 7) is 0.786. The van der Waals surface area contributed by atoms with E-state index in [-0.39, 0.29) is 0 Å². The Labute approximate surface area is 127 Å². The van der Waals surface area contributed by atoms with Crippen molar-refractivity contribution in [1.29, 1.82) is 0 Å². The SMILES string of the molecule is COc1ccc(C(N)(Cc2ccccc2)CN(C)C)cc1. The molecule has 21 heavy (non-hydrogen) atoms. The normalized spacial score (nSPS) is 14.0. The van der Waals surface area contributed by atoms with Gasteiger partial charge in [0.1, 0.15) is 5.75 Å². The van der Waals surface area contributed by atoms with Gasteiger partial charge in [-0.15, -0.1) is 0 Å². The molecule has 2 rings (SSSR count). The molecular formula is C18H24N2O. The quantitative estimate of drug-likeness (QED) is 0.886. The van der Waals surface area contributed by atoms with Crippen LogP contribution in [0, 0.1) is 0 Å². The highest BCUT2D eigenvalue weighted by Crippen LogP contribution is 2.26. The largest absolute Gasteiger partial charge is 0.497 e. The van der Waals surface area contributed by atoms with Crippen molar-refractivity contribution >= 4 is 0 Å². The van der Waals surface area contributed by atoms with Crippen LogP contribution in [0.5, 0.6) is 5.75 Å². The van der Waals surface area contributed by atoms with Crippen LogP contribution < -0.4 is 10.5 Å². The van der Waals surface area contributed by atoms with Crippen molar-refractivity contribution in [2.45, 2.75) is 12.0 Å². The monoisotopic (exact) mass is 284 g/mol. The molecule has 0 fully saturated rings. The number of benzene rings is 2. The van der Waals surface area contributed by atoms with E-state index in [1.54, 1.807) is 7.11 Å². The van der Waals surface area contributed by atoms with Crippen LogP contribution >= 0.6 is 0 Å². The van der Waals surface area contributed by atoms with Crippen LogP contribution in [0.25, 0.3) is 0 Å². The molecule has 3 nitrogen and oxygen atoms in total. The second kappa shape index (κ2) is 6.74. The lowest BCUT2D eigenvalue weighted by atomic mass is 9.84. The van der Waals surface area contributed by atoms with Crippen molar-refractivity contribution in [3.05, 3.63) is 65.7 Å². The van der Waals surface area contributed by atoms with Gasteiger partial charge in [-0.25, -0.2) is 0 Å². The third kappa shape index (κ3) is 4.06. The topological polar surface area (TPSA) is 38.5 Å². The van der Waals surface area contributed by atoms with Crippen molar-refractivity contribution in [3.63, 3.8) is 0 Å². The number of hydrogen-bond acceptors (Lipinski definition) is 3. The van der Waals surface area contributed by atoms with E-state index in [9.17, 15) is 0 Å². The zero-order valence-corrected chi connectivity index (χ0v) is 13.0. The lowest BCUT2D eigenvalue weighted by Gasteiger charge is -2.33. The van der Waals surface area contributed by atoms with Crippen molar-refractivity contribution in [2.24, 2.45) is 5.73 Å². The zero-order valence-electron chi connectivity index (χ0n) is 13.0. The van der Waals surface area contributed by atoms with Gasteiger partial charge in [-0.1, -0.05) is 42.5 Å². The van der Waals surface area contributed by atoms with Gasteiger partial charge in [-0.2, -0.15) is 0 Å². The van der Waals surface area contributed by atoms with Gasteiger partial charge in [-0.3, -0.25) is 0 Å². The van der Waals surface area contributed by atoms with E-state index in [4.69, 9.17) is 10.5 Å². The van der Waals surface area contributed by atoms with Gasteiger partial charge < -0.3 is 15.4 Å². The first-order chi connectivity index (χ1) is 10.0. The standard InChI is InChI=1S/C18H24N2O/c1-20(2)14-18(19,13-15-7-5-4-6-8-15)16-9-11-17(21-3)12-10-16/h4-12H,13-14,19H2,1-3H3. The summed E-state index contributed by atoms with van der Waals surface area (Å²) >= 11 is 0. The Hall–Kier alpha value is -1.84. The first-order valence-corrected chi connectivity index (χ1v) is 7.15. The predicted octanol–water partition coefficient (Wildman–Crippen LogP) is 2.65. The fourth-order valence-corrected chi connectivity index (χ4v) is 2.70. The average Bonchev–Trinajstić information content (AvgIpc) is 2.47. The van der Waals surface area contributed by atoms with E-state index in [2.05, 4.69) is 55.4 Å². The summed E-state index contributed by atoms with van der Waals surface area (Å²) in [5.74, 6) is 0.852. The number of hydrogen-bond donors (Lipinski definition) is 1. The molecule has 0 aromatic heterocycles. The number of rotatable bonds is 6. The summed E-state index contributed by atoms with van der Waals surface area (Å²) in [5, 5.41) is 0. The summed E-state index contributed by atoms with van der Waals surface area (Å²) in [4.78, 5) is 2.13. The van der Waals surface area contributed by atoms with E-state index >= 15 is 0 Å². The maximum absolute atomic E-state index is 6.76. The van der Waals surface area contributed by atoms with Crippen LogP contribution in [-0.2, 0) is 12.0 Å². The molecule has 0 aliphatic rings. The molecule has 0 heterocycles. The molecule has 0 aliphatic carbocycles. The van der Waals surface area contributed by atoms with Gasteiger partial charge in [-0.05, 0) is 43.8 Å². The molecule has 2 aromatic rings. The van der Waals surface area contributed by atoms with Crippen molar-refractivity contribution in [1.82, 2.24) is 4.90 Å². The van der Waals surface area contributed by atoms with Crippen molar-refractivity contribution in [2.75, 3.05) is 27.7 Å². The molecular weight excluding hydrogens is 260 g/mol. The summed E-state index contributed by atoms with van der Waals surface area (Å²) in [6, 6.07) is 18.5. The average molecular weight is 284 g/mol. The highest BCUT2D eigenvalue weighted by atomic mass is 16.5. The molecule has 0 bridgehead atoms. The second-order valence-electron chi connectivity index (χ2n) is 5.78. The Morgan fingerprint density at radius 2 is 1.62 bits per heavy atom. The van der Waals surface area contributed by atoms with E-state index in [1.165, 1.54) is 5.56 Å². The molecule has 0 spiro atoms. The van der Waals surface area contributed by atoms with E-state index in [0.29, 0.717) is 0 Å². The van der Waals surface area contributed by atoms with Gasteiger partial charge in [0.2, 0.25) is 0 Å². The third-order valence-electron chi connectivity index (χ3n) is 3.63. The fraction of sp³-hybridized carbons (Fsp3) is 0.333. The van der Waals surface area contributed by atoms with Crippen LogP contribution in [-0.4, -0.2) is 32.6 Å². The van der Waals surface area contributed by atoms with E-state index in [1.807, 2.05) is 18.2 Å². The van der Waals surface area contributed by atoms with Crippen LogP contribution in [0.2, 0.25) is 0 Å². The maximum Gasteiger partial charge on any atom is 0.118 e. The molecule has 0 amide bonds. The molecule has 1 atom stereocenters. The molecule has 2 N–H and O–H groups in total. The number of nitrogens with zero attached hydrogens (tertiary/aromatic N) is 1. The lowest BCUT2D eigenvalue weighted by molar-refractivity contribution is 0.283. The Kier molecular flexibility index (Phi) is 4.99. The minimum Gasteiger partial charge on any atom is -0.497 e. The smallest absolute Gasteiger partial charge is 0.118 e. The maximum atomic E-state index is 6.76. The highest BCUT2D eigenvalue weighted by molar-refractivity contribution is 5.34. The molecule has 3 heteroatoms. The molecule has 0 radical (unpaired) electrons. The van der Waals surface area contributed by atoms with Gasteiger partial charge in [0.15, 0.2) is 0 Å². The zero-order chi connectivity index (χ0) is 15.3. The molecule has 1 unspecified atom stereocenters. The Morgan fingerprint density at radius 3 is 2.14 bits per heavy atom. The Morgan fingerprint density at radius 1 is 1.00 bits per heavy atom. The Balaban J connectivity index is 2.31. The molecule has 0 saturated carbocycles. The van der Waals surface area contributed by atoms with Crippen LogP contribution in [0.15, 0.2) is 54.6 Å². The minimum atomic E-state index is -0.420. The van der Waals surface area contributed by atoms with Crippen LogP contribution in [0.4, 0.5) is 0 Å². The summed E-state index contributed by atoms with van der Waals surface area (Å²) in [5.41, 5.74) is 8.72. The summed E-state index contributed by atoms with van der Waals surface area (Å²) < 4.78 is 5.23. The van der Waals surface area contributed by atoms with Gasteiger partial charge in [0.25, 0.3) is 0 Å². The molecule has 112 valence electrons. The molecule has 2 aromatic carbocycles. The minimum absolute atomic E-state index is 0.420. The van der Waals surface area contributed by atoms with Crippen LogP contribution in [0.1, 0.15) is 11.1 Å². The number of nitrogens with two attached hydrogens (primary N) is 1. The first kappa shape index (κ1) is 15.5.